The molecule has 2 aliphatic rings. The number of fused-ring (bicyclic) bond motifs is 1. The molecule has 2 amide bonds. The number of phenolic OH excluding ortho intramolecular Hbond substituents is 1. The van der Waals surface area contributed by atoms with Crippen molar-refractivity contribution in [1.29, 1.82) is 0 Å². The van der Waals surface area contributed by atoms with E-state index in [2.05, 4.69) is 34.4 Å². The molecule has 8 atom stereocenters. The first-order valence-electron chi connectivity index (χ1n) is 18.1. The number of benzene rings is 1. The zero-order chi connectivity index (χ0) is 46.7. The Hall–Kier alpha value is -4.08. The van der Waals surface area contributed by atoms with Crippen LogP contribution in [0.25, 0.3) is 17.2 Å². The van der Waals surface area contributed by atoms with E-state index in [9.17, 15) is 63.0 Å². The van der Waals surface area contributed by atoms with Crippen molar-refractivity contribution in [3.63, 3.8) is 0 Å². The number of nitrogens with two attached hydrogens (primary N) is 1. The summed E-state index contributed by atoms with van der Waals surface area (Å²) in [4.78, 5) is 89.0. The average molecular weight is 972 g/mol. The number of aliphatic hydroxyl groups is 2. The molecule has 63 heavy (non-hydrogen) atoms. The fraction of sp³-hybridized carbons (Fsp3) is 0.500. The van der Waals surface area contributed by atoms with Gasteiger partial charge in [-0.05, 0) is 23.8 Å². The maximum absolute atomic E-state index is 13.0. The number of aliphatic hydroxyl groups excluding tert-OH is 1. The first kappa shape index (κ1) is 49.9. The third-order valence-electron chi connectivity index (χ3n) is 9.58. The van der Waals surface area contributed by atoms with Crippen LogP contribution in [0.3, 0.4) is 0 Å². The molecular formula is C32H44N7O20P3S. The quantitative estimate of drug-likeness (QED) is 0.0377. The summed E-state index contributed by atoms with van der Waals surface area (Å²) in [5.74, 6) is -1.44. The van der Waals surface area contributed by atoms with E-state index in [4.69, 9.17) is 29.0 Å². The van der Waals surface area contributed by atoms with Crippen LogP contribution in [0.5, 0.6) is 17.2 Å². The number of methoxy groups -OCH3 is 2. The number of phosphoric acid groups is 3. The number of anilines is 1. The molecule has 3 unspecified atom stereocenters. The minimum Gasteiger partial charge on any atom is -0.502 e. The van der Waals surface area contributed by atoms with Gasteiger partial charge in [0.25, 0.3) is 5.91 Å². The number of rotatable bonds is 21. The van der Waals surface area contributed by atoms with E-state index >= 15 is 0 Å². The van der Waals surface area contributed by atoms with Crippen molar-refractivity contribution in [2.24, 2.45) is 5.41 Å². The molecule has 11 N–H and O–H groups in total. The van der Waals surface area contributed by atoms with E-state index in [1.165, 1.54) is 52.4 Å². The smallest absolute Gasteiger partial charge is 0.481 e. The number of phenols is 1. The lowest BCUT2D eigenvalue weighted by molar-refractivity contribution is -0.134. The third kappa shape index (κ3) is 11.8. The van der Waals surface area contributed by atoms with Gasteiger partial charge in [-0.1, -0.05) is 31.7 Å². The van der Waals surface area contributed by atoms with Crippen LogP contribution < -0.4 is 25.8 Å². The molecule has 3 aromatic rings. The second-order valence-corrected chi connectivity index (χ2v) is 19.4. The summed E-state index contributed by atoms with van der Waals surface area (Å²) in [6, 6.07) is 3.00. The number of imidazole rings is 1. The highest BCUT2D eigenvalue weighted by Crippen LogP contribution is 2.68. The second kappa shape index (κ2) is 19.6. The molecule has 2 fully saturated rings. The van der Waals surface area contributed by atoms with Gasteiger partial charge < -0.3 is 65.5 Å². The van der Waals surface area contributed by atoms with Crippen LogP contribution >= 0.6 is 35.2 Å². The van der Waals surface area contributed by atoms with E-state index in [-0.39, 0.29) is 64.6 Å². The van der Waals surface area contributed by atoms with Crippen LogP contribution in [0.1, 0.15) is 32.1 Å². The number of aromatic nitrogens is 4. The number of hydrogen-bond donors (Lipinski definition) is 10. The predicted octanol–water partition coefficient (Wildman–Crippen LogP) is -0.147. The van der Waals surface area contributed by atoms with E-state index in [0.29, 0.717) is 5.56 Å². The number of carbonyl (C=O) groups is 3. The minimum atomic E-state index is -5.68. The van der Waals surface area contributed by atoms with Crippen molar-refractivity contribution in [1.82, 2.24) is 30.2 Å². The fourth-order valence-electron chi connectivity index (χ4n) is 6.29. The molecular weight excluding hydrogens is 927 g/mol. The Morgan fingerprint density at radius 2 is 1.67 bits per heavy atom. The number of ether oxygens (including phenoxy) is 3. The van der Waals surface area contributed by atoms with Crippen molar-refractivity contribution >= 4 is 75.2 Å². The standard InChI is InChI=1S/C32H44N7O20P3S/c1-31(2)29(32(31,45)30(44)35-8-7-20(40)34-9-10-63-21(41)6-5-16-11-17(53-3)23(42)18(12-16)54-4)58-62(51,52)59-61(49,50)55-13-19-25(57-60(46,47)48)24(43)28(56-19)39-15-38-22-26(33)36-14-37-27(22)39/h5-6,11-12,14-15,19,24-25,28-29,42-43,45H,7-10,13H2,1-4H3,(H,34,40)(H,35,44)(H,49,50)(H,51,52)(H2,33,36,37)(H2,46,47,48)/b6-5+/t19-,24+,25-,28-,29-,32?/m1/s1. The van der Waals surface area contributed by atoms with Crippen LogP contribution in [0.15, 0.2) is 30.9 Å². The van der Waals surface area contributed by atoms with Gasteiger partial charge in [-0.3, -0.25) is 32.5 Å². The summed E-state index contributed by atoms with van der Waals surface area (Å²) in [6.45, 7) is 1.11. The largest absolute Gasteiger partial charge is 0.502 e. The SMILES string of the molecule is COc1cc(/C=C/C(=O)SCCNC(=O)CCNC(=O)C2(O)[C@H](OP(=O)(O)OP(=O)(O)OC[C@H]3O[C@@H](n4cnc5c(N)ncnc54)[C@@H](O)[C@@H]3OP(=O)(O)O)C2(C)C)cc(OC)c1O. The van der Waals surface area contributed by atoms with Crippen LogP contribution in [-0.2, 0) is 50.7 Å². The minimum absolute atomic E-state index is 0.0131. The summed E-state index contributed by atoms with van der Waals surface area (Å²) in [7, 11) is -14.0. The maximum atomic E-state index is 13.0. The Morgan fingerprint density at radius 3 is 2.30 bits per heavy atom. The van der Waals surface area contributed by atoms with E-state index in [0.717, 1.165) is 29.0 Å². The Morgan fingerprint density at radius 1 is 1.00 bits per heavy atom. The number of hydrogen-bond acceptors (Lipinski definition) is 21. The molecule has 0 radical (unpaired) electrons. The number of thioether (sulfide) groups is 1. The molecule has 1 aliphatic heterocycles. The predicted molar refractivity (Wildman–Crippen MR) is 215 cm³/mol. The van der Waals surface area contributed by atoms with Crippen molar-refractivity contribution in [3.05, 3.63) is 36.4 Å². The molecule has 2 aromatic heterocycles. The fourth-order valence-corrected chi connectivity index (χ4v) is 9.84. The molecule has 1 aromatic carbocycles. The number of nitrogens with zero attached hydrogens (tertiary/aromatic N) is 4. The molecule has 1 aliphatic carbocycles. The molecule has 5 rings (SSSR count). The molecule has 27 nitrogen and oxygen atoms in total. The number of aromatic hydroxyl groups is 1. The highest BCUT2D eigenvalue weighted by Gasteiger charge is 2.78. The normalized spacial score (nSPS) is 25.0. The van der Waals surface area contributed by atoms with Gasteiger partial charge >= 0.3 is 23.5 Å². The molecule has 348 valence electrons. The monoisotopic (exact) mass is 971 g/mol. The number of carbonyl (C=O) groups excluding carboxylic acids is 3. The Kier molecular flexibility index (Phi) is 15.5. The van der Waals surface area contributed by atoms with Gasteiger partial charge in [-0.15, -0.1) is 0 Å². The summed E-state index contributed by atoms with van der Waals surface area (Å²) in [5.41, 5.74) is 2.28. The molecule has 1 saturated carbocycles. The number of nitrogens with one attached hydrogen (secondary N) is 2. The second-order valence-electron chi connectivity index (χ2n) is 14.1. The summed E-state index contributed by atoms with van der Waals surface area (Å²) >= 11 is 0.900. The molecule has 31 heteroatoms. The molecule has 0 bridgehead atoms. The zero-order valence-electron chi connectivity index (χ0n) is 33.4. The lowest BCUT2D eigenvalue weighted by Gasteiger charge is -2.22. The van der Waals surface area contributed by atoms with Gasteiger partial charge in [0, 0.05) is 30.7 Å². The third-order valence-corrected chi connectivity index (χ3v) is 13.5. The van der Waals surface area contributed by atoms with Gasteiger partial charge in [0.05, 0.1) is 27.2 Å². The van der Waals surface area contributed by atoms with Crippen molar-refractivity contribution in [2.45, 2.75) is 56.5 Å². The van der Waals surface area contributed by atoms with Crippen LogP contribution in [-0.4, -0.2) is 141 Å². The van der Waals surface area contributed by atoms with Crippen LogP contribution in [0, 0.1) is 5.41 Å². The first-order valence-corrected chi connectivity index (χ1v) is 23.6. The van der Waals surface area contributed by atoms with E-state index in [1.807, 2.05) is 0 Å². The summed E-state index contributed by atoms with van der Waals surface area (Å²) in [6.07, 6.45) is -4.34. The topological polar surface area (TPSA) is 402 Å². The lowest BCUT2D eigenvalue weighted by atomic mass is 10.1. The average Bonchev–Trinajstić information content (AvgIpc) is 3.52. The zero-order valence-corrected chi connectivity index (χ0v) is 36.9. The van der Waals surface area contributed by atoms with Crippen molar-refractivity contribution in [3.8, 4) is 17.2 Å². The van der Waals surface area contributed by atoms with Crippen LogP contribution in [0.4, 0.5) is 5.82 Å². The Bertz CT molecular complexity index is 2360. The van der Waals surface area contributed by atoms with Gasteiger partial charge in [0.1, 0.15) is 36.3 Å². The van der Waals surface area contributed by atoms with E-state index < -0.39 is 83.5 Å². The lowest BCUT2D eigenvalue weighted by Crippen LogP contribution is -2.42. The molecule has 3 heterocycles. The first-order chi connectivity index (χ1) is 29.3. The highest BCUT2D eigenvalue weighted by molar-refractivity contribution is 8.14. The molecule has 0 spiro atoms. The molecule has 1 saturated heterocycles. The number of nitrogen functional groups attached to an aromatic ring is 1. The Labute approximate surface area is 360 Å². The van der Waals surface area contributed by atoms with Crippen molar-refractivity contribution in [2.75, 3.05) is 45.4 Å². The summed E-state index contributed by atoms with van der Waals surface area (Å²) < 4.78 is 73.0. The van der Waals surface area contributed by atoms with Crippen LogP contribution in [0.2, 0.25) is 0 Å². The number of phosphoric ester groups is 3. The van der Waals surface area contributed by atoms with Gasteiger partial charge in [-0.25, -0.2) is 28.6 Å². The van der Waals surface area contributed by atoms with Gasteiger partial charge in [0.2, 0.25) is 16.8 Å². The highest BCUT2D eigenvalue weighted by atomic mass is 32.2. The summed E-state index contributed by atoms with van der Waals surface area (Å²) in [5, 5.41) is 36.6. The van der Waals surface area contributed by atoms with E-state index in [1.54, 1.807) is 0 Å². The van der Waals surface area contributed by atoms with Gasteiger partial charge in [-0.2, -0.15) is 4.31 Å². The van der Waals surface area contributed by atoms with Gasteiger partial charge in [0.15, 0.2) is 34.8 Å². The maximum Gasteiger partial charge on any atom is 0.481 e. The Balaban J connectivity index is 1.07. The van der Waals surface area contributed by atoms with Crippen molar-refractivity contribution < 1.29 is 95.1 Å². The number of amides is 2.